The van der Waals surface area contributed by atoms with Gasteiger partial charge in [0, 0.05) is 16.6 Å². The smallest absolute Gasteiger partial charge is 0.270 e. The van der Waals surface area contributed by atoms with E-state index in [0.717, 1.165) is 0 Å². The molecule has 0 saturated heterocycles. The Kier molecular flexibility index (Phi) is 4.39. The third-order valence-electron chi connectivity index (χ3n) is 1.94. The summed E-state index contributed by atoms with van der Waals surface area (Å²) in [5.41, 5.74) is 0.0492. The van der Waals surface area contributed by atoms with Crippen molar-refractivity contribution in [1.82, 2.24) is 0 Å². The Balaban J connectivity index is 3.08. The molecule has 0 aliphatic rings. The van der Waals surface area contributed by atoms with Crippen LogP contribution in [-0.4, -0.2) is 17.3 Å². The second-order valence-corrected chi connectivity index (χ2v) is 4.42. The maximum absolute atomic E-state index is 11.3. The lowest BCUT2D eigenvalue weighted by Crippen LogP contribution is -2.03. The van der Waals surface area contributed by atoms with Gasteiger partial charge in [-0.25, -0.2) is 0 Å². The molecule has 0 radical (unpaired) electrons. The van der Waals surface area contributed by atoms with Gasteiger partial charge in [-0.3, -0.25) is 14.9 Å². The number of rotatable bonds is 5. The van der Waals surface area contributed by atoms with Gasteiger partial charge in [0.1, 0.15) is 12.4 Å². The van der Waals surface area contributed by atoms with E-state index in [1.54, 1.807) is 0 Å². The van der Waals surface area contributed by atoms with Crippen LogP contribution in [-0.2, 0) is 0 Å². The summed E-state index contributed by atoms with van der Waals surface area (Å²) >= 11 is 3.12. The number of ketones is 1. The zero-order valence-electron chi connectivity index (χ0n) is 9.10. The predicted molar refractivity (Wildman–Crippen MR) is 66.7 cm³/mol. The lowest BCUT2D eigenvalue weighted by atomic mass is 10.1. The molecular weight excluding hydrogens is 290 g/mol. The molecule has 0 fully saturated rings. The fourth-order valence-electron chi connectivity index (χ4n) is 1.19. The van der Waals surface area contributed by atoms with Crippen molar-refractivity contribution in [3.8, 4) is 5.75 Å². The maximum Gasteiger partial charge on any atom is 0.270 e. The molecule has 0 bridgehead atoms. The number of hydrogen-bond acceptors (Lipinski definition) is 4. The first-order valence-corrected chi connectivity index (χ1v) is 5.46. The zero-order chi connectivity index (χ0) is 13.0. The Morgan fingerprint density at radius 2 is 2.24 bits per heavy atom. The highest BCUT2D eigenvalue weighted by atomic mass is 79.9. The van der Waals surface area contributed by atoms with E-state index in [-0.39, 0.29) is 23.6 Å². The lowest BCUT2D eigenvalue weighted by Gasteiger charge is -2.08. The Morgan fingerprint density at radius 3 is 2.71 bits per heavy atom. The Morgan fingerprint density at radius 1 is 1.59 bits per heavy atom. The van der Waals surface area contributed by atoms with Crippen molar-refractivity contribution in [2.75, 3.05) is 6.61 Å². The van der Waals surface area contributed by atoms with Gasteiger partial charge in [0.25, 0.3) is 5.69 Å². The van der Waals surface area contributed by atoms with Gasteiger partial charge in [0.05, 0.1) is 10.5 Å². The first-order chi connectivity index (χ1) is 7.91. The normalized spacial score (nSPS) is 9.76. The fraction of sp³-hybridized carbons (Fsp3) is 0.182. The van der Waals surface area contributed by atoms with E-state index < -0.39 is 4.92 Å². The van der Waals surface area contributed by atoms with Crippen LogP contribution in [0.4, 0.5) is 5.69 Å². The van der Waals surface area contributed by atoms with Gasteiger partial charge in [-0.2, -0.15) is 0 Å². The molecule has 0 aromatic heterocycles. The monoisotopic (exact) mass is 299 g/mol. The molecule has 0 spiro atoms. The number of nitrogens with zero attached hydrogens (tertiary/aromatic N) is 1. The minimum atomic E-state index is -0.556. The molecule has 0 aliphatic heterocycles. The second kappa shape index (κ2) is 5.58. The summed E-state index contributed by atoms with van der Waals surface area (Å²) in [4.78, 5) is 21.4. The van der Waals surface area contributed by atoms with Crippen LogP contribution in [0.5, 0.6) is 5.75 Å². The van der Waals surface area contributed by atoms with E-state index in [4.69, 9.17) is 4.74 Å². The summed E-state index contributed by atoms with van der Waals surface area (Å²) in [6, 6.07) is 3.90. The summed E-state index contributed by atoms with van der Waals surface area (Å²) in [6.07, 6.45) is 0. The molecule has 0 heterocycles. The number of Topliss-reactive ketones (excluding diaryl/α,β-unsaturated/α-hetero) is 1. The van der Waals surface area contributed by atoms with Crippen molar-refractivity contribution < 1.29 is 14.5 Å². The van der Waals surface area contributed by atoms with Gasteiger partial charge >= 0.3 is 0 Å². The molecule has 1 aromatic carbocycles. The maximum atomic E-state index is 11.3. The molecule has 0 atom stereocenters. The van der Waals surface area contributed by atoms with E-state index in [0.29, 0.717) is 10.2 Å². The van der Waals surface area contributed by atoms with E-state index in [2.05, 4.69) is 22.5 Å². The molecule has 1 aromatic rings. The standard InChI is InChI=1S/C11H10BrNO4/c1-7(12)6-17-11-4-3-9(13(15)16)5-10(11)8(2)14/h3-5H,1,6H2,2H3. The molecule has 0 amide bonds. The highest BCUT2D eigenvalue weighted by Gasteiger charge is 2.14. The Bertz CT molecular complexity index is 484. The summed E-state index contributed by atoms with van der Waals surface area (Å²) in [5.74, 6) is 0.0209. The number of benzene rings is 1. The van der Waals surface area contributed by atoms with Gasteiger partial charge < -0.3 is 4.74 Å². The largest absolute Gasteiger partial charge is 0.488 e. The molecule has 90 valence electrons. The summed E-state index contributed by atoms with van der Waals surface area (Å²) < 4.78 is 5.92. The van der Waals surface area contributed by atoms with Gasteiger partial charge in [0.15, 0.2) is 5.78 Å². The fourth-order valence-corrected chi connectivity index (χ4v) is 1.30. The van der Waals surface area contributed by atoms with Gasteiger partial charge in [-0.05, 0) is 13.0 Å². The van der Waals surface area contributed by atoms with E-state index >= 15 is 0 Å². The molecule has 0 N–H and O–H groups in total. The van der Waals surface area contributed by atoms with Gasteiger partial charge in [-0.15, -0.1) is 0 Å². The minimum Gasteiger partial charge on any atom is -0.488 e. The van der Waals surface area contributed by atoms with Gasteiger partial charge in [-0.1, -0.05) is 22.5 Å². The van der Waals surface area contributed by atoms with Crippen molar-refractivity contribution >= 4 is 27.4 Å². The van der Waals surface area contributed by atoms with Crippen LogP contribution < -0.4 is 4.74 Å². The molecule has 17 heavy (non-hydrogen) atoms. The molecule has 6 heteroatoms. The molecule has 5 nitrogen and oxygen atoms in total. The first-order valence-electron chi connectivity index (χ1n) is 4.67. The quantitative estimate of drug-likeness (QED) is 0.476. The lowest BCUT2D eigenvalue weighted by molar-refractivity contribution is -0.384. The van der Waals surface area contributed by atoms with E-state index in [1.165, 1.54) is 25.1 Å². The van der Waals surface area contributed by atoms with Crippen molar-refractivity contribution in [1.29, 1.82) is 0 Å². The number of carbonyl (C=O) groups is 1. The highest BCUT2D eigenvalue weighted by molar-refractivity contribution is 9.11. The van der Waals surface area contributed by atoms with Crippen molar-refractivity contribution in [2.45, 2.75) is 6.92 Å². The number of nitro benzene ring substituents is 1. The topological polar surface area (TPSA) is 69.4 Å². The van der Waals surface area contributed by atoms with Crippen LogP contribution in [0.25, 0.3) is 0 Å². The Labute approximate surface area is 106 Å². The third-order valence-corrected chi connectivity index (χ3v) is 2.17. The first kappa shape index (κ1) is 13.4. The van der Waals surface area contributed by atoms with Crippen molar-refractivity contribution in [2.24, 2.45) is 0 Å². The minimum absolute atomic E-state index is 0.139. The predicted octanol–water partition coefficient (Wildman–Crippen LogP) is 3.08. The molecule has 0 unspecified atom stereocenters. The van der Waals surface area contributed by atoms with Crippen LogP contribution in [0.1, 0.15) is 17.3 Å². The van der Waals surface area contributed by atoms with Crippen molar-refractivity contribution in [3.63, 3.8) is 0 Å². The van der Waals surface area contributed by atoms with E-state index in [9.17, 15) is 14.9 Å². The van der Waals surface area contributed by atoms with Crippen LogP contribution >= 0.6 is 15.9 Å². The van der Waals surface area contributed by atoms with Crippen LogP contribution in [0.2, 0.25) is 0 Å². The Hall–Kier alpha value is -1.69. The van der Waals surface area contributed by atoms with Crippen molar-refractivity contribution in [3.05, 3.63) is 44.9 Å². The van der Waals surface area contributed by atoms with Crippen LogP contribution in [0.3, 0.4) is 0 Å². The van der Waals surface area contributed by atoms with E-state index in [1.807, 2.05) is 0 Å². The number of carbonyl (C=O) groups excluding carboxylic acids is 1. The number of non-ortho nitro benzene ring substituents is 1. The van der Waals surface area contributed by atoms with Crippen LogP contribution in [0.15, 0.2) is 29.3 Å². The molecule has 0 aliphatic carbocycles. The average Bonchev–Trinajstić information content (AvgIpc) is 2.25. The number of nitro groups is 1. The molecule has 0 saturated carbocycles. The summed E-state index contributed by atoms with van der Waals surface area (Å²) in [7, 11) is 0. The third kappa shape index (κ3) is 3.67. The zero-order valence-corrected chi connectivity index (χ0v) is 10.7. The number of hydrogen-bond donors (Lipinski definition) is 0. The van der Waals surface area contributed by atoms with Crippen LogP contribution in [0, 0.1) is 10.1 Å². The number of halogens is 1. The average molecular weight is 300 g/mol. The number of ether oxygens (including phenoxy) is 1. The summed E-state index contributed by atoms with van der Waals surface area (Å²) in [5, 5.41) is 10.6. The molecule has 1 rings (SSSR count). The summed E-state index contributed by atoms with van der Waals surface area (Å²) in [6.45, 7) is 5.11. The molecular formula is C11H10BrNO4. The van der Waals surface area contributed by atoms with Gasteiger partial charge in [0.2, 0.25) is 0 Å². The highest BCUT2D eigenvalue weighted by Crippen LogP contribution is 2.25. The SMILES string of the molecule is C=C(Br)COc1ccc([N+](=O)[O-])cc1C(C)=O. The second-order valence-electron chi connectivity index (χ2n) is 3.30.